The number of rotatable bonds is 13. The summed E-state index contributed by atoms with van der Waals surface area (Å²) in [6.07, 6.45) is 6.36. The van der Waals surface area contributed by atoms with Gasteiger partial charge in [-0.25, -0.2) is 0 Å². The highest BCUT2D eigenvalue weighted by molar-refractivity contribution is 5.09. The van der Waals surface area contributed by atoms with Gasteiger partial charge in [0.2, 0.25) is 0 Å². The minimum atomic E-state index is 0.585. The lowest BCUT2D eigenvalue weighted by Gasteiger charge is -2.07. The first-order chi connectivity index (χ1) is 9.86. The SMILES string of the molecule is CCCCOCCOCCOCCn1ccc(CN)c1. The van der Waals surface area contributed by atoms with E-state index in [1.54, 1.807) is 0 Å². The van der Waals surface area contributed by atoms with Gasteiger partial charge in [-0.15, -0.1) is 0 Å². The molecule has 0 spiro atoms. The third-order valence-electron chi connectivity index (χ3n) is 2.93. The van der Waals surface area contributed by atoms with Crippen LogP contribution in [0.4, 0.5) is 0 Å². The van der Waals surface area contributed by atoms with E-state index in [0.29, 0.717) is 39.6 Å². The minimum absolute atomic E-state index is 0.585. The van der Waals surface area contributed by atoms with Crippen LogP contribution in [0.5, 0.6) is 0 Å². The smallest absolute Gasteiger partial charge is 0.0701 e. The molecule has 0 radical (unpaired) electrons. The molecule has 0 atom stereocenters. The molecule has 1 aromatic rings. The molecular weight excluding hydrogens is 256 g/mol. The first kappa shape index (κ1) is 17.2. The highest BCUT2D eigenvalue weighted by Crippen LogP contribution is 1.99. The molecule has 0 bridgehead atoms. The summed E-state index contributed by atoms with van der Waals surface area (Å²) in [5.74, 6) is 0. The molecule has 0 amide bonds. The molecule has 5 heteroatoms. The fourth-order valence-corrected chi connectivity index (χ4v) is 1.71. The molecule has 0 aliphatic rings. The Morgan fingerprint density at radius 2 is 1.65 bits per heavy atom. The van der Waals surface area contributed by atoms with Gasteiger partial charge in [0.15, 0.2) is 0 Å². The van der Waals surface area contributed by atoms with Crippen LogP contribution in [-0.4, -0.2) is 44.2 Å². The van der Waals surface area contributed by atoms with Crippen LogP contribution < -0.4 is 5.73 Å². The Morgan fingerprint density at radius 1 is 1.00 bits per heavy atom. The Labute approximate surface area is 122 Å². The number of ether oxygens (including phenoxy) is 3. The van der Waals surface area contributed by atoms with Crippen molar-refractivity contribution in [3.05, 3.63) is 24.0 Å². The van der Waals surface area contributed by atoms with Gasteiger partial charge < -0.3 is 24.5 Å². The van der Waals surface area contributed by atoms with Gasteiger partial charge >= 0.3 is 0 Å². The predicted molar refractivity (Wildman–Crippen MR) is 79.7 cm³/mol. The van der Waals surface area contributed by atoms with Crippen LogP contribution in [0.25, 0.3) is 0 Å². The Hall–Kier alpha value is -0.880. The van der Waals surface area contributed by atoms with Gasteiger partial charge in [0, 0.05) is 32.1 Å². The van der Waals surface area contributed by atoms with Crippen LogP contribution in [0.3, 0.4) is 0 Å². The van der Waals surface area contributed by atoms with Crippen LogP contribution in [0.15, 0.2) is 18.5 Å². The van der Waals surface area contributed by atoms with E-state index in [9.17, 15) is 0 Å². The molecule has 0 saturated heterocycles. The zero-order chi connectivity index (χ0) is 14.5. The van der Waals surface area contributed by atoms with Crippen LogP contribution in [0.2, 0.25) is 0 Å². The van der Waals surface area contributed by atoms with Gasteiger partial charge in [-0.3, -0.25) is 0 Å². The molecule has 0 aliphatic heterocycles. The second-order valence-electron chi connectivity index (χ2n) is 4.65. The van der Waals surface area contributed by atoms with Gasteiger partial charge in [-0.1, -0.05) is 13.3 Å². The fourth-order valence-electron chi connectivity index (χ4n) is 1.71. The highest BCUT2D eigenvalue weighted by atomic mass is 16.5. The molecule has 0 aliphatic carbocycles. The molecule has 5 nitrogen and oxygen atoms in total. The number of nitrogens with zero attached hydrogens (tertiary/aromatic N) is 1. The Morgan fingerprint density at radius 3 is 2.25 bits per heavy atom. The Balaban J connectivity index is 1.83. The summed E-state index contributed by atoms with van der Waals surface area (Å²) in [7, 11) is 0. The summed E-state index contributed by atoms with van der Waals surface area (Å²) in [5.41, 5.74) is 6.70. The van der Waals surface area contributed by atoms with E-state index in [1.165, 1.54) is 6.42 Å². The van der Waals surface area contributed by atoms with Gasteiger partial charge in [0.1, 0.15) is 0 Å². The molecule has 20 heavy (non-hydrogen) atoms. The van der Waals surface area contributed by atoms with Crippen molar-refractivity contribution >= 4 is 0 Å². The van der Waals surface area contributed by atoms with E-state index in [0.717, 1.165) is 25.1 Å². The average molecular weight is 284 g/mol. The van der Waals surface area contributed by atoms with Crippen molar-refractivity contribution in [1.82, 2.24) is 4.57 Å². The monoisotopic (exact) mass is 284 g/mol. The van der Waals surface area contributed by atoms with Crippen molar-refractivity contribution in [1.29, 1.82) is 0 Å². The summed E-state index contributed by atoms with van der Waals surface area (Å²) in [5, 5.41) is 0. The standard InChI is InChI=1S/C15H28N2O3/c1-2-3-7-18-9-11-20-12-10-19-8-6-17-5-4-15(13-16)14-17/h4-5,14H,2-3,6-13,16H2,1H3. The van der Waals surface area contributed by atoms with E-state index >= 15 is 0 Å². The van der Waals surface area contributed by atoms with E-state index in [4.69, 9.17) is 19.9 Å². The van der Waals surface area contributed by atoms with Gasteiger partial charge in [-0.05, 0) is 18.1 Å². The van der Waals surface area contributed by atoms with Crippen LogP contribution in [-0.2, 0) is 27.3 Å². The van der Waals surface area contributed by atoms with Gasteiger partial charge in [-0.2, -0.15) is 0 Å². The lowest BCUT2D eigenvalue weighted by atomic mass is 10.4. The quantitative estimate of drug-likeness (QED) is 0.561. The topological polar surface area (TPSA) is 58.6 Å². The second-order valence-corrected chi connectivity index (χ2v) is 4.65. The lowest BCUT2D eigenvalue weighted by molar-refractivity contribution is 0.0127. The Kier molecular flexibility index (Phi) is 10.2. The largest absolute Gasteiger partial charge is 0.379 e. The van der Waals surface area contributed by atoms with Crippen LogP contribution >= 0.6 is 0 Å². The summed E-state index contributed by atoms with van der Waals surface area (Å²) >= 11 is 0. The maximum atomic E-state index is 5.55. The van der Waals surface area contributed by atoms with E-state index in [2.05, 4.69) is 11.5 Å². The normalized spacial score (nSPS) is 11.1. The van der Waals surface area contributed by atoms with E-state index in [-0.39, 0.29) is 0 Å². The first-order valence-corrected chi connectivity index (χ1v) is 7.44. The van der Waals surface area contributed by atoms with Crippen LogP contribution in [0, 0.1) is 0 Å². The predicted octanol–water partition coefficient (Wildman–Crippen LogP) is 1.80. The van der Waals surface area contributed by atoms with Crippen molar-refractivity contribution in [2.24, 2.45) is 5.73 Å². The molecular formula is C15H28N2O3. The molecule has 1 aromatic heterocycles. The van der Waals surface area contributed by atoms with Crippen molar-refractivity contribution in [3.63, 3.8) is 0 Å². The average Bonchev–Trinajstić information content (AvgIpc) is 2.93. The third kappa shape index (κ3) is 8.32. The van der Waals surface area contributed by atoms with Crippen molar-refractivity contribution in [3.8, 4) is 0 Å². The second kappa shape index (κ2) is 11.9. The maximum absolute atomic E-state index is 5.55. The number of unbranched alkanes of at least 4 members (excludes halogenated alkanes) is 1. The minimum Gasteiger partial charge on any atom is -0.379 e. The summed E-state index contributed by atoms with van der Waals surface area (Å²) in [4.78, 5) is 0. The first-order valence-electron chi connectivity index (χ1n) is 7.44. The maximum Gasteiger partial charge on any atom is 0.0701 e. The Bertz CT molecular complexity index is 329. The van der Waals surface area contributed by atoms with Crippen molar-refractivity contribution < 1.29 is 14.2 Å². The third-order valence-corrected chi connectivity index (χ3v) is 2.93. The van der Waals surface area contributed by atoms with Crippen LogP contribution in [0.1, 0.15) is 25.3 Å². The zero-order valence-corrected chi connectivity index (χ0v) is 12.6. The molecule has 0 unspecified atom stereocenters. The number of aromatic nitrogens is 1. The van der Waals surface area contributed by atoms with Gasteiger partial charge in [0.25, 0.3) is 0 Å². The molecule has 0 aromatic carbocycles. The fraction of sp³-hybridized carbons (Fsp3) is 0.733. The highest BCUT2D eigenvalue weighted by Gasteiger charge is 1.95. The van der Waals surface area contributed by atoms with Gasteiger partial charge in [0.05, 0.1) is 33.0 Å². The molecule has 0 saturated carbocycles. The molecule has 0 fully saturated rings. The molecule has 2 N–H and O–H groups in total. The van der Waals surface area contributed by atoms with Crippen molar-refractivity contribution in [2.75, 3.05) is 39.6 Å². The summed E-state index contributed by atoms with van der Waals surface area (Å²) in [6.45, 7) is 7.67. The van der Waals surface area contributed by atoms with Crippen molar-refractivity contribution in [2.45, 2.75) is 32.9 Å². The van der Waals surface area contributed by atoms with E-state index in [1.807, 2.05) is 18.5 Å². The zero-order valence-electron chi connectivity index (χ0n) is 12.6. The number of hydrogen-bond donors (Lipinski definition) is 1. The summed E-state index contributed by atoms with van der Waals surface area (Å²) in [6, 6.07) is 2.03. The van der Waals surface area contributed by atoms with E-state index < -0.39 is 0 Å². The lowest BCUT2D eigenvalue weighted by Crippen LogP contribution is -2.12. The summed E-state index contributed by atoms with van der Waals surface area (Å²) < 4.78 is 18.4. The number of hydrogen-bond acceptors (Lipinski definition) is 4. The number of nitrogens with two attached hydrogens (primary N) is 1. The molecule has 116 valence electrons. The molecule has 1 rings (SSSR count). The molecule has 1 heterocycles.